The Hall–Kier alpha value is -5.12. The number of rotatable bonds is 6. The van der Waals surface area contributed by atoms with Gasteiger partial charge in [-0.25, -0.2) is 0 Å². The third-order valence-electron chi connectivity index (χ3n) is 11.7. The van der Waals surface area contributed by atoms with E-state index in [-0.39, 0.29) is 35.8 Å². The highest BCUT2D eigenvalue weighted by Crippen LogP contribution is 2.46. The molecular formula is C41H39BrN6O5. The molecule has 3 aliphatic heterocycles. The molecule has 11 nitrogen and oxygen atoms in total. The summed E-state index contributed by atoms with van der Waals surface area (Å²) < 4.78 is 0.508. The summed E-state index contributed by atoms with van der Waals surface area (Å²) in [5, 5.41) is 12.5. The second-order valence-corrected chi connectivity index (χ2v) is 16.0. The molecule has 1 unspecified atom stereocenters. The summed E-state index contributed by atoms with van der Waals surface area (Å²) in [6.07, 6.45) is 2.80. The molecule has 1 atom stereocenters. The van der Waals surface area contributed by atoms with Crippen molar-refractivity contribution in [2.45, 2.75) is 76.9 Å². The number of amides is 4. The lowest BCUT2D eigenvalue weighted by molar-refractivity contribution is -0.136. The zero-order valence-corrected chi connectivity index (χ0v) is 31.6. The van der Waals surface area contributed by atoms with E-state index in [2.05, 4.69) is 82.1 Å². The highest BCUT2D eigenvalue weighted by molar-refractivity contribution is 9.10. The molecule has 0 saturated carbocycles. The van der Waals surface area contributed by atoms with Crippen LogP contribution in [0.15, 0.2) is 46.9 Å². The Labute approximate surface area is 315 Å². The summed E-state index contributed by atoms with van der Waals surface area (Å²) in [5.74, 6) is -2.07. The van der Waals surface area contributed by atoms with Crippen molar-refractivity contribution in [2.75, 3.05) is 25.0 Å². The number of piperidine rings is 2. The number of ketones is 1. The van der Waals surface area contributed by atoms with E-state index >= 15 is 0 Å². The average molecular weight is 776 g/mol. The van der Waals surface area contributed by atoms with Crippen molar-refractivity contribution >= 4 is 61.9 Å². The fraction of sp³-hybridized carbons (Fsp3) is 0.366. The molecule has 53 heavy (non-hydrogen) atoms. The number of anilines is 1. The van der Waals surface area contributed by atoms with Gasteiger partial charge < -0.3 is 9.88 Å². The van der Waals surface area contributed by atoms with Gasteiger partial charge in [-0.15, -0.1) is 0 Å². The lowest BCUT2D eigenvalue weighted by atomic mass is 9.70. The third-order valence-corrected chi connectivity index (χ3v) is 12.3. The van der Waals surface area contributed by atoms with Gasteiger partial charge in [0.1, 0.15) is 6.04 Å². The fourth-order valence-electron chi connectivity index (χ4n) is 8.82. The van der Waals surface area contributed by atoms with Gasteiger partial charge >= 0.3 is 0 Å². The molecule has 1 aromatic heterocycles. The lowest BCUT2D eigenvalue weighted by Gasteiger charge is -2.40. The Bertz CT molecular complexity index is 2350. The number of aromatic amines is 1. The number of halogens is 1. The van der Waals surface area contributed by atoms with Crippen molar-refractivity contribution < 1.29 is 24.0 Å². The predicted octanol–water partition coefficient (Wildman–Crippen LogP) is 5.74. The van der Waals surface area contributed by atoms with Gasteiger partial charge in [-0.2, -0.15) is 5.26 Å². The zero-order chi connectivity index (χ0) is 37.5. The SMILES string of the molecule is CCc1cc2c(cc1N1CCC(N(C)Cc3cc(Br)c4c(c3)C(=O)N(C3CCC(=O)NC3=O)C4=O)CC1)C(C)(C)c1[nH]c3cc(C#N)ccc3c1C2=O. The van der Waals surface area contributed by atoms with E-state index in [1.807, 2.05) is 18.2 Å². The summed E-state index contributed by atoms with van der Waals surface area (Å²) in [4.78, 5) is 74.4. The van der Waals surface area contributed by atoms with Crippen LogP contribution < -0.4 is 10.2 Å². The van der Waals surface area contributed by atoms with Crippen LogP contribution in [0.1, 0.15) is 111 Å². The predicted molar refractivity (Wildman–Crippen MR) is 202 cm³/mol. The molecule has 2 N–H and O–H groups in total. The van der Waals surface area contributed by atoms with E-state index in [9.17, 15) is 29.2 Å². The van der Waals surface area contributed by atoms with E-state index in [1.54, 1.807) is 12.1 Å². The van der Waals surface area contributed by atoms with Crippen LogP contribution in [0, 0.1) is 11.3 Å². The van der Waals surface area contributed by atoms with Gasteiger partial charge in [0.15, 0.2) is 5.78 Å². The van der Waals surface area contributed by atoms with Crippen LogP contribution in [0.3, 0.4) is 0 Å². The maximum Gasteiger partial charge on any atom is 0.263 e. The number of imide groups is 2. The standard InChI is InChI=1S/C41H39BrN6O5/c1-5-23-17-26-28(41(2,3)37-35(36(26)50)25-7-6-21(19-43)16-30(25)44-37)18-32(23)47-12-10-24(11-13-47)46(4)20-22-14-27-34(29(42)15-22)40(53)48(39(27)52)31-8-9-33(49)45-38(31)51/h6-7,14-18,24,31,44H,5,8-13,20H2,1-4H3,(H,45,49,51). The number of fused-ring (bicyclic) bond motifs is 5. The minimum Gasteiger partial charge on any atom is -0.371 e. The monoisotopic (exact) mass is 774 g/mol. The Balaban J connectivity index is 0.991. The van der Waals surface area contributed by atoms with Gasteiger partial charge in [-0.05, 0) is 102 Å². The lowest BCUT2D eigenvalue weighted by Crippen LogP contribution is -2.54. The molecule has 4 aliphatic rings. The molecule has 1 aliphatic carbocycles. The minimum absolute atomic E-state index is 0.0137. The molecule has 2 saturated heterocycles. The summed E-state index contributed by atoms with van der Waals surface area (Å²) in [5.41, 5.74) is 7.89. The van der Waals surface area contributed by atoms with E-state index in [0.29, 0.717) is 22.1 Å². The summed E-state index contributed by atoms with van der Waals surface area (Å²) in [6.45, 7) is 8.68. The Kier molecular flexibility index (Phi) is 8.42. The normalized spacial score (nSPS) is 19.8. The van der Waals surface area contributed by atoms with E-state index in [4.69, 9.17) is 0 Å². The molecule has 4 aromatic rings. The number of carbonyl (C=O) groups excluding carboxylic acids is 5. The first-order valence-corrected chi connectivity index (χ1v) is 18.9. The van der Waals surface area contributed by atoms with Crippen LogP contribution >= 0.6 is 15.9 Å². The molecule has 0 bridgehead atoms. The molecule has 8 rings (SSSR count). The second kappa shape index (κ2) is 12.8. The van der Waals surface area contributed by atoms with Crippen LogP contribution in [0.5, 0.6) is 0 Å². The van der Waals surface area contributed by atoms with Crippen molar-refractivity contribution in [2.24, 2.45) is 0 Å². The number of nitriles is 1. The van der Waals surface area contributed by atoms with Crippen LogP contribution in [-0.2, 0) is 28.0 Å². The van der Waals surface area contributed by atoms with Gasteiger partial charge in [-0.3, -0.25) is 39.1 Å². The smallest absolute Gasteiger partial charge is 0.263 e. The number of benzene rings is 3. The molecule has 12 heteroatoms. The first-order chi connectivity index (χ1) is 25.3. The number of nitrogens with one attached hydrogen (secondary N) is 2. The minimum atomic E-state index is -1.01. The van der Waals surface area contributed by atoms with Crippen molar-refractivity contribution in [3.63, 3.8) is 0 Å². The van der Waals surface area contributed by atoms with E-state index < -0.39 is 35.1 Å². The van der Waals surface area contributed by atoms with E-state index in [1.165, 1.54) is 0 Å². The van der Waals surface area contributed by atoms with Gasteiger partial charge in [-0.1, -0.05) is 26.8 Å². The Morgan fingerprint density at radius 3 is 2.42 bits per heavy atom. The fourth-order valence-corrected chi connectivity index (χ4v) is 9.49. The molecule has 3 aromatic carbocycles. The second-order valence-electron chi connectivity index (χ2n) is 15.2. The summed E-state index contributed by atoms with van der Waals surface area (Å²) >= 11 is 3.52. The largest absolute Gasteiger partial charge is 0.371 e. The number of carbonyl (C=O) groups is 5. The highest BCUT2D eigenvalue weighted by atomic mass is 79.9. The van der Waals surface area contributed by atoms with Gasteiger partial charge in [0.25, 0.3) is 11.8 Å². The molecule has 270 valence electrons. The van der Waals surface area contributed by atoms with Gasteiger partial charge in [0.2, 0.25) is 11.8 Å². The summed E-state index contributed by atoms with van der Waals surface area (Å²) in [6, 6.07) is 14.9. The topological polar surface area (TPSA) is 147 Å². The molecule has 0 spiro atoms. The van der Waals surface area contributed by atoms with Gasteiger partial charge in [0, 0.05) is 69.8 Å². The first kappa shape index (κ1) is 34.9. The maximum absolute atomic E-state index is 14.1. The van der Waals surface area contributed by atoms with Crippen LogP contribution in [0.2, 0.25) is 0 Å². The Morgan fingerprint density at radius 1 is 0.962 bits per heavy atom. The van der Waals surface area contributed by atoms with Crippen molar-refractivity contribution in [1.82, 2.24) is 20.1 Å². The van der Waals surface area contributed by atoms with Crippen molar-refractivity contribution in [3.05, 3.63) is 97.1 Å². The maximum atomic E-state index is 14.1. The third kappa shape index (κ3) is 5.51. The summed E-state index contributed by atoms with van der Waals surface area (Å²) in [7, 11) is 2.08. The highest BCUT2D eigenvalue weighted by Gasteiger charge is 2.46. The number of aryl methyl sites for hydroxylation is 1. The van der Waals surface area contributed by atoms with E-state index in [0.717, 1.165) is 81.8 Å². The molecular weight excluding hydrogens is 736 g/mol. The molecule has 0 radical (unpaired) electrons. The van der Waals surface area contributed by atoms with Crippen LogP contribution in [0.25, 0.3) is 10.9 Å². The number of aromatic nitrogens is 1. The number of hydrogen-bond acceptors (Lipinski definition) is 8. The number of hydrogen-bond donors (Lipinski definition) is 2. The van der Waals surface area contributed by atoms with Gasteiger partial charge in [0.05, 0.1) is 28.3 Å². The number of nitrogens with zero attached hydrogens (tertiary/aromatic N) is 4. The zero-order valence-electron chi connectivity index (χ0n) is 30.1. The molecule has 4 amide bonds. The first-order valence-electron chi connectivity index (χ1n) is 18.1. The molecule has 4 heterocycles. The Morgan fingerprint density at radius 2 is 1.72 bits per heavy atom. The quantitative estimate of drug-likeness (QED) is 0.236. The number of H-pyrrole nitrogens is 1. The van der Waals surface area contributed by atoms with Crippen molar-refractivity contribution in [3.8, 4) is 6.07 Å². The molecule has 2 fully saturated rings. The van der Waals surface area contributed by atoms with Crippen LogP contribution in [0.4, 0.5) is 5.69 Å². The van der Waals surface area contributed by atoms with Crippen LogP contribution in [-0.4, -0.2) is 76.4 Å². The average Bonchev–Trinajstić information content (AvgIpc) is 3.65. The van der Waals surface area contributed by atoms with Crippen molar-refractivity contribution in [1.29, 1.82) is 5.26 Å².